The molecule has 0 aliphatic rings. The number of aromatic nitrogens is 2. The van der Waals surface area contributed by atoms with Crippen molar-refractivity contribution in [3.05, 3.63) is 36.7 Å². The number of carbonyl (C=O) groups excluding carboxylic acids is 1. The van der Waals surface area contributed by atoms with Gasteiger partial charge >= 0.3 is 12.0 Å². The average molecular weight is 336 g/mol. The van der Waals surface area contributed by atoms with Crippen LogP contribution in [0.3, 0.4) is 0 Å². The molecule has 2 heterocycles. The van der Waals surface area contributed by atoms with E-state index in [1.807, 2.05) is 0 Å². The van der Waals surface area contributed by atoms with Crippen LogP contribution in [0, 0.1) is 5.41 Å². The zero-order valence-electron chi connectivity index (χ0n) is 13.7. The van der Waals surface area contributed by atoms with Gasteiger partial charge in [0.05, 0.1) is 24.5 Å². The van der Waals surface area contributed by atoms with Crippen molar-refractivity contribution in [2.45, 2.75) is 39.9 Å². The molecule has 0 unspecified atom stereocenters. The van der Waals surface area contributed by atoms with Crippen LogP contribution in [-0.2, 0) is 17.9 Å². The summed E-state index contributed by atoms with van der Waals surface area (Å²) in [5.74, 6) is -1.10. The Labute approximate surface area is 138 Å². The summed E-state index contributed by atoms with van der Waals surface area (Å²) in [4.78, 5) is 33.4. The fourth-order valence-corrected chi connectivity index (χ4v) is 2.09. The van der Waals surface area contributed by atoms with Crippen LogP contribution in [0.4, 0.5) is 4.79 Å². The van der Waals surface area contributed by atoms with Crippen LogP contribution in [0.25, 0.3) is 0 Å². The molecule has 1 atom stereocenters. The summed E-state index contributed by atoms with van der Waals surface area (Å²) in [5.41, 5.74) is 0.433. The van der Waals surface area contributed by atoms with Crippen molar-refractivity contribution in [2.75, 3.05) is 0 Å². The molecule has 0 saturated heterocycles. The number of urea groups is 1. The molecule has 2 aromatic heterocycles. The molecule has 0 radical (unpaired) electrons. The molecule has 2 rings (SSSR count). The van der Waals surface area contributed by atoms with Gasteiger partial charge in [-0.2, -0.15) is 0 Å². The second-order valence-electron chi connectivity index (χ2n) is 6.40. The van der Waals surface area contributed by atoms with Gasteiger partial charge in [-0.15, -0.1) is 0 Å². The Hall–Kier alpha value is -2.84. The van der Waals surface area contributed by atoms with Gasteiger partial charge < -0.3 is 24.2 Å². The van der Waals surface area contributed by atoms with E-state index in [0.29, 0.717) is 11.4 Å². The van der Waals surface area contributed by atoms with E-state index < -0.39 is 23.5 Å². The standard InChI is InChI=1S/C15H20N4O5/c1-15(2,3)12(13(20)21)18-14(22)19(4-10-6-23-8-16-10)5-11-7-24-9-17-11/h6-9,12H,4-5H2,1-3H3,(H,18,22)(H,20,21)/t12-/m1/s1. The second-order valence-corrected chi connectivity index (χ2v) is 6.40. The van der Waals surface area contributed by atoms with E-state index >= 15 is 0 Å². The Bertz CT molecular complexity index is 624. The van der Waals surface area contributed by atoms with Crippen molar-refractivity contribution >= 4 is 12.0 Å². The van der Waals surface area contributed by atoms with Crippen LogP contribution in [0.2, 0.25) is 0 Å². The lowest BCUT2D eigenvalue weighted by atomic mass is 9.87. The highest BCUT2D eigenvalue weighted by atomic mass is 16.4. The number of carboxylic acid groups (broad SMARTS) is 1. The number of nitrogens with zero attached hydrogens (tertiary/aromatic N) is 3. The molecule has 9 heteroatoms. The summed E-state index contributed by atoms with van der Waals surface area (Å²) in [7, 11) is 0. The highest BCUT2D eigenvalue weighted by molar-refractivity contribution is 5.83. The Morgan fingerprint density at radius 3 is 2.00 bits per heavy atom. The fraction of sp³-hybridized carbons (Fsp3) is 0.467. The van der Waals surface area contributed by atoms with Gasteiger partial charge in [-0.05, 0) is 5.41 Å². The maximum atomic E-state index is 12.6. The molecule has 0 saturated carbocycles. The zero-order valence-corrected chi connectivity index (χ0v) is 13.7. The second kappa shape index (κ2) is 7.16. The average Bonchev–Trinajstić information content (AvgIpc) is 3.15. The third-order valence-corrected chi connectivity index (χ3v) is 3.34. The molecule has 2 aromatic rings. The van der Waals surface area contributed by atoms with Crippen molar-refractivity contribution in [2.24, 2.45) is 5.41 Å². The van der Waals surface area contributed by atoms with Crippen LogP contribution < -0.4 is 5.32 Å². The minimum absolute atomic E-state index is 0.145. The molecule has 2 N–H and O–H groups in total. The highest BCUT2D eigenvalue weighted by Gasteiger charge is 2.34. The van der Waals surface area contributed by atoms with Crippen molar-refractivity contribution in [1.29, 1.82) is 0 Å². The van der Waals surface area contributed by atoms with Crippen LogP contribution >= 0.6 is 0 Å². The van der Waals surface area contributed by atoms with E-state index in [1.54, 1.807) is 20.8 Å². The predicted octanol–water partition coefficient (Wildman–Crippen LogP) is 1.87. The Morgan fingerprint density at radius 1 is 1.17 bits per heavy atom. The van der Waals surface area contributed by atoms with E-state index in [-0.39, 0.29) is 13.1 Å². The van der Waals surface area contributed by atoms with E-state index in [4.69, 9.17) is 8.83 Å². The lowest BCUT2D eigenvalue weighted by molar-refractivity contribution is -0.142. The lowest BCUT2D eigenvalue weighted by Crippen LogP contribution is -2.53. The van der Waals surface area contributed by atoms with Crippen molar-refractivity contribution in [1.82, 2.24) is 20.2 Å². The van der Waals surface area contributed by atoms with Gasteiger partial charge in [0, 0.05) is 0 Å². The molecule has 0 fully saturated rings. The number of aliphatic carboxylic acids is 1. The minimum atomic E-state index is -1.10. The largest absolute Gasteiger partial charge is 0.480 e. The van der Waals surface area contributed by atoms with Gasteiger partial charge in [0.1, 0.15) is 18.6 Å². The molecule has 24 heavy (non-hydrogen) atoms. The number of carboxylic acids is 1. The summed E-state index contributed by atoms with van der Waals surface area (Å²) < 4.78 is 9.81. The number of hydrogen-bond donors (Lipinski definition) is 2. The number of rotatable bonds is 6. The molecule has 9 nitrogen and oxygen atoms in total. The van der Waals surface area contributed by atoms with E-state index in [2.05, 4.69) is 15.3 Å². The number of carbonyl (C=O) groups is 2. The topological polar surface area (TPSA) is 122 Å². The smallest absolute Gasteiger partial charge is 0.326 e. The quantitative estimate of drug-likeness (QED) is 0.825. The van der Waals surface area contributed by atoms with E-state index in [0.717, 1.165) is 0 Å². The summed E-state index contributed by atoms with van der Waals surface area (Å²) in [5, 5.41) is 11.9. The van der Waals surface area contributed by atoms with Crippen LogP contribution in [0.1, 0.15) is 32.2 Å². The van der Waals surface area contributed by atoms with E-state index in [9.17, 15) is 14.7 Å². The first-order valence-electron chi connectivity index (χ1n) is 7.29. The summed E-state index contributed by atoms with van der Waals surface area (Å²) >= 11 is 0. The Balaban J connectivity index is 2.15. The third-order valence-electron chi connectivity index (χ3n) is 3.34. The van der Waals surface area contributed by atoms with Gasteiger partial charge in [-0.3, -0.25) is 0 Å². The van der Waals surface area contributed by atoms with Crippen molar-refractivity contribution in [3.8, 4) is 0 Å². The van der Waals surface area contributed by atoms with Crippen LogP contribution in [-0.4, -0.2) is 38.0 Å². The van der Waals surface area contributed by atoms with E-state index in [1.165, 1.54) is 30.2 Å². The monoisotopic (exact) mass is 336 g/mol. The number of oxazole rings is 2. The SMILES string of the molecule is CC(C)(C)[C@H](NC(=O)N(Cc1cocn1)Cc1cocn1)C(=O)O. The van der Waals surface area contributed by atoms with Gasteiger partial charge in [0.2, 0.25) is 0 Å². The number of hydrogen-bond acceptors (Lipinski definition) is 6. The summed E-state index contributed by atoms with van der Waals surface area (Å²) in [6, 6.07) is -1.58. The highest BCUT2D eigenvalue weighted by Crippen LogP contribution is 2.20. The first-order chi connectivity index (χ1) is 11.3. The molecule has 0 aliphatic heterocycles. The van der Waals surface area contributed by atoms with Gasteiger partial charge in [-0.1, -0.05) is 20.8 Å². The molecule has 130 valence electrons. The molecule has 0 aliphatic carbocycles. The van der Waals surface area contributed by atoms with Crippen molar-refractivity contribution in [3.63, 3.8) is 0 Å². The van der Waals surface area contributed by atoms with Crippen LogP contribution in [0.5, 0.6) is 0 Å². The maximum absolute atomic E-state index is 12.6. The molecular weight excluding hydrogens is 316 g/mol. The Morgan fingerprint density at radius 2 is 1.67 bits per heavy atom. The number of nitrogens with one attached hydrogen (secondary N) is 1. The predicted molar refractivity (Wildman–Crippen MR) is 81.7 cm³/mol. The summed E-state index contributed by atoms with van der Waals surface area (Å²) in [6.45, 7) is 5.51. The lowest BCUT2D eigenvalue weighted by Gasteiger charge is -2.30. The van der Waals surface area contributed by atoms with Gasteiger partial charge in [0.25, 0.3) is 0 Å². The molecule has 0 spiro atoms. The Kier molecular flexibility index (Phi) is 5.22. The molecular formula is C15H20N4O5. The molecule has 0 bridgehead atoms. The first kappa shape index (κ1) is 17.5. The number of amides is 2. The third kappa shape index (κ3) is 4.58. The first-order valence-corrected chi connectivity index (χ1v) is 7.29. The minimum Gasteiger partial charge on any atom is -0.480 e. The fourth-order valence-electron chi connectivity index (χ4n) is 2.09. The zero-order chi connectivity index (χ0) is 17.7. The van der Waals surface area contributed by atoms with Gasteiger partial charge in [0.15, 0.2) is 12.8 Å². The molecule has 0 aromatic carbocycles. The normalized spacial score (nSPS) is 12.6. The summed E-state index contributed by atoms with van der Waals surface area (Å²) in [6.07, 6.45) is 5.36. The maximum Gasteiger partial charge on any atom is 0.326 e. The van der Waals surface area contributed by atoms with Crippen LogP contribution in [0.15, 0.2) is 34.1 Å². The molecule has 2 amide bonds. The van der Waals surface area contributed by atoms with Gasteiger partial charge in [-0.25, -0.2) is 19.6 Å². The van der Waals surface area contributed by atoms with Crippen molar-refractivity contribution < 1.29 is 23.5 Å².